The molecule has 0 aliphatic carbocycles. The summed E-state index contributed by atoms with van der Waals surface area (Å²) < 4.78 is 10.5. The molecular formula is C11H21NO3. The van der Waals surface area contributed by atoms with E-state index in [1.165, 1.54) is 0 Å². The lowest BCUT2D eigenvalue weighted by atomic mass is 9.91. The van der Waals surface area contributed by atoms with Crippen molar-refractivity contribution in [2.75, 3.05) is 13.2 Å². The molecule has 1 aliphatic rings. The summed E-state index contributed by atoms with van der Waals surface area (Å²) >= 11 is 0. The molecule has 0 amide bonds. The van der Waals surface area contributed by atoms with Crippen LogP contribution in [0.2, 0.25) is 0 Å². The van der Waals surface area contributed by atoms with Crippen LogP contribution in [0.1, 0.15) is 33.6 Å². The summed E-state index contributed by atoms with van der Waals surface area (Å²) in [5.74, 6) is 0.0318. The quantitative estimate of drug-likeness (QED) is 0.716. The Labute approximate surface area is 91.1 Å². The van der Waals surface area contributed by atoms with E-state index in [0.29, 0.717) is 32.0 Å². The second kappa shape index (κ2) is 4.94. The summed E-state index contributed by atoms with van der Waals surface area (Å²) in [6.07, 6.45) is 1.02. The molecule has 1 rings (SSSR count). The average molecular weight is 215 g/mol. The molecular weight excluding hydrogens is 194 g/mol. The van der Waals surface area contributed by atoms with Gasteiger partial charge in [-0.2, -0.15) is 0 Å². The molecule has 0 radical (unpaired) electrons. The molecule has 1 unspecified atom stereocenters. The first-order valence-electron chi connectivity index (χ1n) is 5.53. The zero-order chi connectivity index (χ0) is 11.5. The second-order valence-corrected chi connectivity index (χ2v) is 4.62. The van der Waals surface area contributed by atoms with Crippen LogP contribution in [-0.2, 0) is 14.3 Å². The van der Waals surface area contributed by atoms with E-state index in [2.05, 4.69) is 0 Å². The largest absolute Gasteiger partial charge is 0.461 e. The fourth-order valence-corrected chi connectivity index (χ4v) is 1.36. The van der Waals surface area contributed by atoms with Crippen LogP contribution in [0, 0.1) is 5.92 Å². The van der Waals surface area contributed by atoms with Crippen LogP contribution in [0.4, 0.5) is 0 Å². The number of rotatable bonds is 3. The maximum absolute atomic E-state index is 11.8. The number of hydrogen-bond acceptors (Lipinski definition) is 4. The standard InChI is InChI=1S/C11H21NO3/c1-8(2)9(3)15-10(13)11(12)4-6-14-7-5-11/h8-9H,4-7,12H2,1-3H3. The first-order chi connectivity index (χ1) is 6.96. The Morgan fingerprint density at radius 3 is 2.33 bits per heavy atom. The summed E-state index contributed by atoms with van der Waals surface area (Å²) in [6, 6.07) is 0. The van der Waals surface area contributed by atoms with Gasteiger partial charge < -0.3 is 15.2 Å². The van der Waals surface area contributed by atoms with Crippen molar-refractivity contribution in [1.82, 2.24) is 0 Å². The Morgan fingerprint density at radius 2 is 1.87 bits per heavy atom. The molecule has 2 N–H and O–H groups in total. The number of nitrogens with two attached hydrogens (primary N) is 1. The van der Waals surface area contributed by atoms with Gasteiger partial charge in [0.15, 0.2) is 0 Å². The van der Waals surface area contributed by atoms with Crippen molar-refractivity contribution in [3.8, 4) is 0 Å². The van der Waals surface area contributed by atoms with Gasteiger partial charge in [0.2, 0.25) is 0 Å². The van der Waals surface area contributed by atoms with Gasteiger partial charge in [-0.1, -0.05) is 13.8 Å². The van der Waals surface area contributed by atoms with Gasteiger partial charge in [-0.25, -0.2) is 0 Å². The van der Waals surface area contributed by atoms with Gasteiger partial charge in [0.1, 0.15) is 11.6 Å². The SMILES string of the molecule is CC(C)C(C)OC(=O)C1(N)CCOCC1. The normalized spacial score (nSPS) is 22.5. The number of esters is 1. The molecule has 1 fully saturated rings. The van der Waals surface area contributed by atoms with E-state index in [1.807, 2.05) is 20.8 Å². The Morgan fingerprint density at radius 1 is 1.33 bits per heavy atom. The van der Waals surface area contributed by atoms with Crippen LogP contribution in [-0.4, -0.2) is 30.8 Å². The van der Waals surface area contributed by atoms with E-state index in [0.717, 1.165) is 0 Å². The van der Waals surface area contributed by atoms with E-state index in [9.17, 15) is 4.79 Å². The van der Waals surface area contributed by atoms with E-state index < -0.39 is 5.54 Å². The van der Waals surface area contributed by atoms with Crippen molar-refractivity contribution in [1.29, 1.82) is 0 Å². The molecule has 0 bridgehead atoms. The number of carbonyl (C=O) groups is 1. The first kappa shape index (κ1) is 12.5. The minimum atomic E-state index is -0.832. The van der Waals surface area contributed by atoms with Crippen molar-refractivity contribution in [2.45, 2.75) is 45.3 Å². The molecule has 4 heteroatoms. The van der Waals surface area contributed by atoms with Crippen molar-refractivity contribution < 1.29 is 14.3 Å². The van der Waals surface area contributed by atoms with E-state index in [1.54, 1.807) is 0 Å². The highest BCUT2D eigenvalue weighted by Crippen LogP contribution is 2.21. The van der Waals surface area contributed by atoms with Crippen LogP contribution < -0.4 is 5.73 Å². The molecule has 0 spiro atoms. The maximum atomic E-state index is 11.8. The average Bonchev–Trinajstić information content (AvgIpc) is 2.18. The highest BCUT2D eigenvalue weighted by atomic mass is 16.5. The lowest BCUT2D eigenvalue weighted by Gasteiger charge is -2.32. The molecule has 0 aromatic carbocycles. The van der Waals surface area contributed by atoms with Crippen LogP contribution in [0.3, 0.4) is 0 Å². The predicted molar refractivity (Wildman–Crippen MR) is 57.4 cm³/mol. The number of ether oxygens (including phenoxy) is 2. The molecule has 1 atom stereocenters. The van der Waals surface area contributed by atoms with Gasteiger partial charge in [-0.3, -0.25) is 4.79 Å². The first-order valence-corrected chi connectivity index (χ1v) is 5.53. The third kappa shape index (κ3) is 3.18. The summed E-state index contributed by atoms with van der Waals surface area (Å²) in [5.41, 5.74) is 5.16. The molecule has 88 valence electrons. The smallest absolute Gasteiger partial charge is 0.326 e. The highest BCUT2D eigenvalue weighted by molar-refractivity contribution is 5.80. The Hall–Kier alpha value is -0.610. The molecule has 15 heavy (non-hydrogen) atoms. The molecule has 0 aromatic heterocycles. The van der Waals surface area contributed by atoms with Crippen LogP contribution in [0.5, 0.6) is 0 Å². The zero-order valence-electron chi connectivity index (χ0n) is 9.79. The summed E-state index contributed by atoms with van der Waals surface area (Å²) in [6.45, 7) is 7.02. The van der Waals surface area contributed by atoms with Gasteiger partial charge in [0.25, 0.3) is 0 Å². The third-order valence-electron chi connectivity index (χ3n) is 3.02. The molecule has 1 saturated heterocycles. The maximum Gasteiger partial charge on any atom is 0.326 e. The van der Waals surface area contributed by atoms with Gasteiger partial charge >= 0.3 is 5.97 Å². The molecule has 1 aliphatic heterocycles. The minimum Gasteiger partial charge on any atom is -0.461 e. The monoisotopic (exact) mass is 215 g/mol. The lowest BCUT2D eigenvalue weighted by molar-refractivity contribution is -0.160. The highest BCUT2D eigenvalue weighted by Gasteiger charge is 2.38. The zero-order valence-corrected chi connectivity index (χ0v) is 9.79. The van der Waals surface area contributed by atoms with Crippen molar-refractivity contribution in [3.63, 3.8) is 0 Å². The van der Waals surface area contributed by atoms with Crippen LogP contribution >= 0.6 is 0 Å². The van der Waals surface area contributed by atoms with Gasteiger partial charge in [-0.15, -0.1) is 0 Å². The number of hydrogen-bond donors (Lipinski definition) is 1. The lowest BCUT2D eigenvalue weighted by Crippen LogP contribution is -2.53. The fourth-order valence-electron chi connectivity index (χ4n) is 1.36. The topological polar surface area (TPSA) is 61.5 Å². The van der Waals surface area contributed by atoms with Gasteiger partial charge in [0.05, 0.1) is 0 Å². The summed E-state index contributed by atoms with van der Waals surface area (Å²) in [5, 5.41) is 0. The van der Waals surface area contributed by atoms with Crippen molar-refractivity contribution in [2.24, 2.45) is 11.7 Å². The fraction of sp³-hybridized carbons (Fsp3) is 0.909. The van der Waals surface area contributed by atoms with E-state index in [4.69, 9.17) is 15.2 Å². The molecule has 4 nitrogen and oxygen atoms in total. The second-order valence-electron chi connectivity index (χ2n) is 4.62. The van der Waals surface area contributed by atoms with Crippen molar-refractivity contribution in [3.05, 3.63) is 0 Å². The van der Waals surface area contributed by atoms with Gasteiger partial charge in [-0.05, 0) is 25.7 Å². The minimum absolute atomic E-state index is 0.0826. The molecule has 1 heterocycles. The summed E-state index contributed by atoms with van der Waals surface area (Å²) in [7, 11) is 0. The van der Waals surface area contributed by atoms with E-state index in [-0.39, 0.29) is 12.1 Å². The third-order valence-corrected chi connectivity index (χ3v) is 3.02. The Balaban J connectivity index is 2.51. The molecule has 0 aromatic rings. The van der Waals surface area contributed by atoms with Crippen molar-refractivity contribution >= 4 is 5.97 Å². The van der Waals surface area contributed by atoms with Gasteiger partial charge in [0, 0.05) is 13.2 Å². The van der Waals surface area contributed by atoms with Crippen LogP contribution in [0.15, 0.2) is 0 Å². The van der Waals surface area contributed by atoms with Crippen LogP contribution in [0.25, 0.3) is 0 Å². The predicted octanol–water partition coefficient (Wildman–Crippen LogP) is 1.08. The Kier molecular flexibility index (Phi) is 4.11. The summed E-state index contributed by atoms with van der Waals surface area (Å²) in [4.78, 5) is 11.8. The number of carbonyl (C=O) groups excluding carboxylic acids is 1. The molecule has 0 saturated carbocycles. The Bertz CT molecular complexity index is 222. The van der Waals surface area contributed by atoms with E-state index >= 15 is 0 Å².